The van der Waals surface area contributed by atoms with Gasteiger partial charge in [0.05, 0.1) is 33.3 Å². The summed E-state index contributed by atoms with van der Waals surface area (Å²) in [4.78, 5) is 31.1. The van der Waals surface area contributed by atoms with E-state index >= 15 is 0 Å². The summed E-state index contributed by atoms with van der Waals surface area (Å²) in [6, 6.07) is 6.25. The summed E-state index contributed by atoms with van der Waals surface area (Å²) in [7, 11) is 0. The topological polar surface area (TPSA) is 86.0 Å². The highest BCUT2D eigenvalue weighted by Crippen LogP contribution is 2.19. The lowest BCUT2D eigenvalue weighted by Crippen LogP contribution is -1.99. The van der Waals surface area contributed by atoms with Crippen LogP contribution in [0, 0.1) is 30.9 Å². The van der Waals surface area contributed by atoms with Gasteiger partial charge in [0.15, 0.2) is 5.78 Å². The highest BCUT2D eigenvalue weighted by molar-refractivity contribution is 6.04. The van der Waals surface area contributed by atoms with Crippen molar-refractivity contribution in [2.45, 2.75) is 20.8 Å². The standard InChI is InChI=1S/C18H17N3O3/c1-12-13(2)20-17(14(3)19-12)11-10-16(22)9-8-15-6-4-5-7-18(15)21(23)24/h4-11H,1-3H3/b9-8+,11-10+. The Balaban J connectivity index is 2.17. The molecule has 1 aromatic carbocycles. The number of para-hydroxylation sites is 1. The van der Waals surface area contributed by atoms with E-state index in [9.17, 15) is 14.9 Å². The van der Waals surface area contributed by atoms with Crippen LogP contribution in [0.25, 0.3) is 12.2 Å². The zero-order valence-electron chi connectivity index (χ0n) is 13.7. The van der Waals surface area contributed by atoms with Crippen molar-refractivity contribution in [3.05, 3.63) is 74.9 Å². The van der Waals surface area contributed by atoms with E-state index in [1.54, 1.807) is 24.3 Å². The van der Waals surface area contributed by atoms with Crippen LogP contribution < -0.4 is 0 Å². The van der Waals surface area contributed by atoms with E-state index in [2.05, 4.69) is 9.97 Å². The van der Waals surface area contributed by atoms with Gasteiger partial charge in [-0.25, -0.2) is 4.98 Å². The first-order valence-corrected chi connectivity index (χ1v) is 7.34. The lowest BCUT2D eigenvalue weighted by molar-refractivity contribution is -0.385. The molecular weight excluding hydrogens is 306 g/mol. The second-order valence-corrected chi connectivity index (χ2v) is 5.25. The number of hydrogen-bond acceptors (Lipinski definition) is 5. The molecule has 0 N–H and O–H groups in total. The summed E-state index contributed by atoms with van der Waals surface area (Å²) in [5.74, 6) is -0.285. The van der Waals surface area contributed by atoms with Crippen LogP contribution >= 0.6 is 0 Å². The molecule has 24 heavy (non-hydrogen) atoms. The molecule has 2 rings (SSSR count). The molecule has 0 radical (unpaired) electrons. The van der Waals surface area contributed by atoms with E-state index in [0.717, 1.165) is 17.1 Å². The Kier molecular flexibility index (Phi) is 5.31. The summed E-state index contributed by atoms with van der Waals surface area (Å²) in [5, 5.41) is 10.9. The summed E-state index contributed by atoms with van der Waals surface area (Å²) in [6.45, 7) is 5.56. The molecule has 0 aliphatic rings. The Labute approximate surface area is 139 Å². The predicted molar refractivity (Wildman–Crippen MR) is 92.4 cm³/mol. The summed E-state index contributed by atoms with van der Waals surface area (Å²) < 4.78 is 0. The molecule has 0 unspecified atom stereocenters. The molecule has 0 amide bonds. The number of nitro benzene ring substituents is 1. The summed E-state index contributed by atoms with van der Waals surface area (Å²) in [6.07, 6.45) is 5.70. The van der Waals surface area contributed by atoms with Gasteiger partial charge in [-0.2, -0.15) is 0 Å². The Bertz CT molecular complexity index is 855. The Hall–Kier alpha value is -3.15. The normalized spacial score (nSPS) is 11.3. The fourth-order valence-electron chi connectivity index (χ4n) is 2.07. The third-order valence-corrected chi connectivity index (χ3v) is 3.48. The number of ketones is 1. The maximum absolute atomic E-state index is 11.9. The molecule has 0 aliphatic heterocycles. The number of hydrogen-bond donors (Lipinski definition) is 0. The fraction of sp³-hybridized carbons (Fsp3) is 0.167. The van der Waals surface area contributed by atoms with Gasteiger partial charge >= 0.3 is 0 Å². The minimum atomic E-state index is -0.478. The average molecular weight is 323 g/mol. The van der Waals surface area contributed by atoms with Crippen molar-refractivity contribution >= 4 is 23.6 Å². The van der Waals surface area contributed by atoms with Gasteiger partial charge in [0.1, 0.15) is 0 Å². The van der Waals surface area contributed by atoms with E-state index in [4.69, 9.17) is 0 Å². The van der Waals surface area contributed by atoms with Crippen molar-refractivity contribution in [1.29, 1.82) is 0 Å². The number of allylic oxidation sites excluding steroid dienone is 2. The Morgan fingerprint density at radius 2 is 1.62 bits per heavy atom. The van der Waals surface area contributed by atoms with Gasteiger partial charge in [-0.3, -0.25) is 19.9 Å². The number of aryl methyl sites for hydroxylation is 3. The lowest BCUT2D eigenvalue weighted by Gasteiger charge is -2.03. The first-order valence-electron chi connectivity index (χ1n) is 7.34. The molecule has 0 saturated carbocycles. The molecule has 1 aromatic heterocycles. The van der Waals surface area contributed by atoms with Gasteiger partial charge in [-0.05, 0) is 51.1 Å². The molecule has 122 valence electrons. The van der Waals surface area contributed by atoms with E-state index in [1.807, 2.05) is 20.8 Å². The number of benzene rings is 1. The van der Waals surface area contributed by atoms with Gasteiger partial charge in [0.25, 0.3) is 5.69 Å². The monoisotopic (exact) mass is 323 g/mol. The van der Waals surface area contributed by atoms with Crippen molar-refractivity contribution < 1.29 is 9.72 Å². The van der Waals surface area contributed by atoms with Crippen molar-refractivity contribution in [3.63, 3.8) is 0 Å². The number of nitrogens with zero attached hydrogens (tertiary/aromatic N) is 3. The van der Waals surface area contributed by atoms with Gasteiger partial charge in [0.2, 0.25) is 0 Å². The highest BCUT2D eigenvalue weighted by Gasteiger charge is 2.09. The second-order valence-electron chi connectivity index (χ2n) is 5.25. The number of carbonyl (C=O) groups is 1. The van der Waals surface area contributed by atoms with Crippen molar-refractivity contribution in [1.82, 2.24) is 9.97 Å². The number of aromatic nitrogens is 2. The molecule has 0 atom stereocenters. The lowest BCUT2D eigenvalue weighted by atomic mass is 10.1. The largest absolute Gasteiger partial charge is 0.290 e. The fourth-order valence-corrected chi connectivity index (χ4v) is 2.07. The Morgan fingerprint density at radius 1 is 1.00 bits per heavy atom. The van der Waals surface area contributed by atoms with Crippen molar-refractivity contribution in [2.24, 2.45) is 0 Å². The van der Waals surface area contributed by atoms with Gasteiger partial charge in [-0.15, -0.1) is 0 Å². The van der Waals surface area contributed by atoms with E-state index in [0.29, 0.717) is 11.3 Å². The molecule has 2 aromatic rings. The van der Waals surface area contributed by atoms with Crippen LogP contribution in [-0.2, 0) is 4.79 Å². The molecular formula is C18H17N3O3. The van der Waals surface area contributed by atoms with Crippen LogP contribution in [-0.4, -0.2) is 20.7 Å². The molecule has 0 saturated heterocycles. The van der Waals surface area contributed by atoms with Crippen LogP contribution in [0.3, 0.4) is 0 Å². The van der Waals surface area contributed by atoms with Crippen LogP contribution in [0.2, 0.25) is 0 Å². The maximum atomic E-state index is 11.9. The number of carbonyl (C=O) groups excluding carboxylic acids is 1. The smallest absolute Gasteiger partial charge is 0.276 e. The SMILES string of the molecule is Cc1nc(C)c(/C=C/C(=O)/C=C/c2ccccc2[N+](=O)[O-])nc1C. The van der Waals surface area contributed by atoms with Crippen LogP contribution in [0.15, 0.2) is 36.4 Å². The van der Waals surface area contributed by atoms with E-state index < -0.39 is 4.92 Å². The summed E-state index contributed by atoms with van der Waals surface area (Å²) >= 11 is 0. The van der Waals surface area contributed by atoms with Gasteiger partial charge in [0, 0.05) is 6.07 Å². The molecule has 0 fully saturated rings. The molecule has 6 heteroatoms. The highest BCUT2D eigenvalue weighted by atomic mass is 16.6. The average Bonchev–Trinajstić information content (AvgIpc) is 2.55. The molecule has 0 aliphatic carbocycles. The minimum absolute atomic E-state index is 0.0404. The molecule has 6 nitrogen and oxygen atoms in total. The molecule has 0 spiro atoms. The first-order chi connectivity index (χ1) is 11.4. The number of nitro groups is 1. The predicted octanol–water partition coefficient (Wildman–Crippen LogP) is 3.61. The van der Waals surface area contributed by atoms with Crippen LogP contribution in [0.4, 0.5) is 5.69 Å². The molecule has 0 bridgehead atoms. The van der Waals surface area contributed by atoms with Gasteiger partial charge in [-0.1, -0.05) is 12.1 Å². The van der Waals surface area contributed by atoms with Gasteiger partial charge < -0.3 is 0 Å². The van der Waals surface area contributed by atoms with Crippen LogP contribution in [0.1, 0.15) is 28.3 Å². The summed E-state index contributed by atoms with van der Waals surface area (Å²) in [5.41, 5.74) is 3.37. The third-order valence-electron chi connectivity index (χ3n) is 3.48. The number of rotatable bonds is 5. The molecule has 1 heterocycles. The quantitative estimate of drug-likeness (QED) is 0.476. The first kappa shape index (κ1) is 17.2. The second kappa shape index (κ2) is 7.41. The maximum Gasteiger partial charge on any atom is 0.276 e. The zero-order chi connectivity index (χ0) is 17.7. The van der Waals surface area contributed by atoms with Crippen molar-refractivity contribution in [2.75, 3.05) is 0 Å². The zero-order valence-corrected chi connectivity index (χ0v) is 13.7. The minimum Gasteiger partial charge on any atom is -0.290 e. The van der Waals surface area contributed by atoms with E-state index in [-0.39, 0.29) is 11.5 Å². The van der Waals surface area contributed by atoms with E-state index in [1.165, 1.54) is 24.3 Å². The van der Waals surface area contributed by atoms with Crippen molar-refractivity contribution in [3.8, 4) is 0 Å². The third kappa shape index (κ3) is 4.19. The van der Waals surface area contributed by atoms with Crippen LogP contribution in [0.5, 0.6) is 0 Å². The Morgan fingerprint density at radius 3 is 2.33 bits per heavy atom.